The van der Waals surface area contributed by atoms with E-state index in [9.17, 15) is 0 Å². The molecule has 0 aliphatic rings. The molecule has 0 atom stereocenters. The van der Waals surface area contributed by atoms with Gasteiger partial charge in [-0.3, -0.25) is 0 Å². The van der Waals surface area contributed by atoms with Gasteiger partial charge in [-0.1, -0.05) is 0 Å². The highest BCUT2D eigenvalue weighted by Crippen LogP contribution is 1.93. The molecule has 0 saturated heterocycles. The van der Waals surface area contributed by atoms with Crippen molar-refractivity contribution in [2.24, 2.45) is 0 Å². The van der Waals surface area contributed by atoms with Gasteiger partial charge in [0.05, 0.1) is 27.7 Å². The third-order valence-corrected chi connectivity index (χ3v) is 1.23. The van der Waals surface area contributed by atoms with E-state index < -0.39 is 0 Å². The van der Waals surface area contributed by atoms with Crippen LogP contribution in [0.4, 0.5) is 0 Å². The van der Waals surface area contributed by atoms with Crippen LogP contribution < -0.4 is 12.4 Å². The van der Waals surface area contributed by atoms with Gasteiger partial charge < -0.3 is 16.9 Å². The highest BCUT2D eigenvalue weighted by Gasteiger charge is 2.03. The first kappa shape index (κ1) is 12.2. The minimum atomic E-state index is 0. The summed E-state index contributed by atoms with van der Waals surface area (Å²) in [4.78, 5) is 0. The van der Waals surface area contributed by atoms with Crippen molar-refractivity contribution in [3.63, 3.8) is 0 Å². The SMILES string of the molecule is C[N+](C)(C)CCCCl.[Cl-]. The first-order valence-corrected chi connectivity index (χ1v) is 3.46. The van der Waals surface area contributed by atoms with Crippen molar-refractivity contribution in [2.75, 3.05) is 33.6 Å². The van der Waals surface area contributed by atoms with E-state index in [0.717, 1.165) is 16.8 Å². The van der Waals surface area contributed by atoms with E-state index >= 15 is 0 Å². The maximum atomic E-state index is 5.50. The second-order valence-corrected chi connectivity index (χ2v) is 3.43. The predicted octanol–water partition coefficient (Wildman–Crippen LogP) is -1.67. The summed E-state index contributed by atoms with van der Waals surface area (Å²) >= 11 is 5.50. The summed E-state index contributed by atoms with van der Waals surface area (Å²) < 4.78 is 1.02. The lowest BCUT2D eigenvalue weighted by atomic mass is 10.4. The molecule has 58 valence electrons. The van der Waals surface area contributed by atoms with E-state index in [4.69, 9.17) is 11.6 Å². The Bertz CT molecular complexity index is 58.6. The van der Waals surface area contributed by atoms with Crippen LogP contribution in [0, 0.1) is 0 Å². The van der Waals surface area contributed by atoms with Crippen LogP contribution in [0.5, 0.6) is 0 Å². The molecule has 0 amide bonds. The van der Waals surface area contributed by atoms with Crippen LogP contribution in [0.3, 0.4) is 0 Å². The summed E-state index contributed by atoms with van der Waals surface area (Å²) in [6, 6.07) is 0. The first-order chi connectivity index (χ1) is 3.56. The number of halogens is 2. The van der Waals surface area contributed by atoms with Crippen LogP contribution in [0.2, 0.25) is 0 Å². The third kappa shape index (κ3) is 11.9. The monoisotopic (exact) mass is 171 g/mol. The Labute approximate surface area is 69.0 Å². The van der Waals surface area contributed by atoms with Crippen molar-refractivity contribution in [2.45, 2.75) is 6.42 Å². The molecule has 0 saturated carbocycles. The van der Waals surface area contributed by atoms with E-state index in [-0.39, 0.29) is 12.4 Å². The summed E-state index contributed by atoms with van der Waals surface area (Å²) in [7, 11) is 6.52. The molecule has 0 N–H and O–H groups in total. The summed E-state index contributed by atoms with van der Waals surface area (Å²) in [5.41, 5.74) is 0. The number of hydrogen-bond acceptors (Lipinski definition) is 0. The summed E-state index contributed by atoms with van der Waals surface area (Å²) in [5.74, 6) is 0.787. The molecule has 0 unspecified atom stereocenters. The zero-order valence-corrected chi connectivity index (χ0v) is 7.84. The van der Waals surface area contributed by atoms with Gasteiger partial charge in [-0.2, -0.15) is 0 Å². The summed E-state index contributed by atoms with van der Waals surface area (Å²) in [6.45, 7) is 1.17. The lowest BCUT2D eigenvalue weighted by molar-refractivity contribution is -0.870. The number of nitrogens with zero attached hydrogens (tertiary/aromatic N) is 1. The van der Waals surface area contributed by atoms with E-state index in [1.807, 2.05) is 0 Å². The molecule has 0 aromatic carbocycles. The van der Waals surface area contributed by atoms with E-state index in [1.165, 1.54) is 6.54 Å². The molecule has 1 nitrogen and oxygen atoms in total. The van der Waals surface area contributed by atoms with Crippen molar-refractivity contribution >= 4 is 11.6 Å². The fourth-order valence-electron chi connectivity index (χ4n) is 0.534. The quantitative estimate of drug-likeness (QED) is 0.352. The molecule has 9 heavy (non-hydrogen) atoms. The Morgan fingerprint density at radius 1 is 1.22 bits per heavy atom. The van der Waals surface area contributed by atoms with Crippen molar-refractivity contribution in [3.8, 4) is 0 Å². The Balaban J connectivity index is 0. The molecule has 0 aromatic heterocycles. The molecule has 0 radical (unpaired) electrons. The van der Waals surface area contributed by atoms with Gasteiger partial charge in [0, 0.05) is 12.3 Å². The van der Waals surface area contributed by atoms with Crippen LogP contribution in [0.15, 0.2) is 0 Å². The summed E-state index contributed by atoms with van der Waals surface area (Å²) in [5, 5.41) is 0. The maximum absolute atomic E-state index is 5.50. The molecule has 0 fully saturated rings. The average molecular weight is 172 g/mol. The molecular formula is C6H15Cl2N. The Kier molecular flexibility index (Phi) is 7.25. The Morgan fingerprint density at radius 3 is 1.78 bits per heavy atom. The van der Waals surface area contributed by atoms with E-state index in [2.05, 4.69) is 21.1 Å². The van der Waals surface area contributed by atoms with Crippen LogP contribution in [-0.4, -0.2) is 38.1 Å². The molecule has 0 aliphatic heterocycles. The molecule has 0 rings (SSSR count). The highest BCUT2D eigenvalue weighted by atomic mass is 35.5. The lowest BCUT2D eigenvalue weighted by Crippen LogP contribution is -3.00. The fraction of sp³-hybridized carbons (Fsp3) is 1.00. The van der Waals surface area contributed by atoms with Crippen molar-refractivity contribution < 1.29 is 16.9 Å². The van der Waals surface area contributed by atoms with Gasteiger partial charge >= 0.3 is 0 Å². The normalized spacial score (nSPS) is 10.7. The number of alkyl halides is 1. The first-order valence-electron chi connectivity index (χ1n) is 2.93. The minimum Gasteiger partial charge on any atom is -1.00 e. The van der Waals surface area contributed by atoms with Crippen molar-refractivity contribution in [3.05, 3.63) is 0 Å². The largest absolute Gasteiger partial charge is 1.00 e. The molecular weight excluding hydrogens is 157 g/mol. The maximum Gasteiger partial charge on any atom is 0.0791 e. The second kappa shape index (κ2) is 5.33. The fourth-order valence-corrected chi connectivity index (χ4v) is 0.654. The lowest BCUT2D eigenvalue weighted by Gasteiger charge is -2.22. The smallest absolute Gasteiger partial charge is 0.0791 e. The zero-order chi connectivity index (χ0) is 6.62. The van der Waals surface area contributed by atoms with Crippen molar-refractivity contribution in [1.82, 2.24) is 0 Å². The van der Waals surface area contributed by atoms with Gasteiger partial charge in [-0.25, -0.2) is 0 Å². The van der Waals surface area contributed by atoms with Gasteiger partial charge in [-0.15, -0.1) is 11.6 Å². The number of hydrogen-bond donors (Lipinski definition) is 0. The molecule has 0 aliphatic carbocycles. The van der Waals surface area contributed by atoms with E-state index in [0.29, 0.717) is 0 Å². The predicted molar refractivity (Wildman–Crippen MR) is 38.2 cm³/mol. The molecule has 0 aromatic rings. The Morgan fingerprint density at radius 2 is 1.67 bits per heavy atom. The van der Waals surface area contributed by atoms with Gasteiger partial charge in [0.15, 0.2) is 0 Å². The van der Waals surface area contributed by atoms with Crippen LogP contribution in [0.1, 0.15) is 6.42 Å². The standard InChI is InChI=1S/C6H15ClN.ClH/c1-8(2,3)6-4-5-7;/h4-6H2,1-3H3;1H/q+1;/p-1. The molecule has 0 heterocycles. The molecule has 0 spiro atoms. The summed E-state index contributed by atoms with van der Waals surface area (Å²) in [6.07, 6.45) is 1.12. The minimum absolute atomic E-state index is 0. The average Bonchev–Trinajstić information content (AvgIpc) is 1.59. The third-order valence-electron chi connectivity index (χ3n) is 0.963. The van der Waals surface area contributed by atoms with Crippen molar-refractivity contribution in [1.29, 1.82) is 0 Å². The Hall–Kier alpha value is 0.540. The van der Waals surface area contributed by atoms with E-state index in [1.54, 1.807) is 0 Å². The van der Waals surface area contributed by atoms with Crippen LogP contribution >= 0.6 is 11.6 Å². The zero-order valence-electron chi connectivity index (χ0n) is 6.32. The number of quaternary nitrogens is 1. The molecule has 3 heteroatoms. The number of rotatable bonds is 3. The second-order valence-electron chi connectivity index (χ2n) is 3.06. The molecule has 0 bridgehead atoms. The van der Waals surface area contributed by atoms with Gasteiger partial charge in [0.25, 0.3) is 0 Å². The van der Waals surface area contributed by atoms with Gasteiger partial charge in [-0.05, 0) is 0 Å². The highest BCUT2D eigenvalue weighted by molar-refractivity contribution is 6.17. The van der Waals surface area contributed by atoms with Gasteiger partial charge in [0.2, 0.25) is 0 Å². The van der Waals surface area contributed by atoms with Gasteiger partial charge in [0.1, 0.15) is 0 Å². The topological polar surface area (TPSA) is 0 Å². The van der Waals surface area contributed by atoms with Crippen LogP contribution in [0.25, 0.3) is 0 Å². The van der Waals surface area contributed by atoms with Crippen LogP contribution in [-0.2, 0) is 0 Å².